The van der Waals surface area contributed by atoms with E-state index in [1.807, 2.05) is 0 Å². The molecule has 2 aliphatic rings. The number of rotatable bonds is 1. The molecule has 0 bridgehead atoms. The Labute approximate surface area is 114 Å². The molecular formula is C12H14N4O4. The Hall–Kier alpha value is -2.38. The van der Waals surface area contributed by atoms with Crippen molar-refractivity contribution in [2.24, 2.45) is 0 Å². The second kappa shape index (κ2) is 4.06. The molecule has 20 heavy (non-hydrogen) atoms. The zero-order valence-electron chi connectivity index (χ0n) is 11.1. The van der Waals surface area contributed by atoms with E-state index < -0.39 is 11.6 Å². The third-order valence-electron chi connectivity index (χ3n) is 3.82. The molecule has 1 aromatic rings. The lowest BCUT2D eigenvalue weighted by atomic mass is 9.99. The lowest BCUT2D eigenvalue weighted by Crippen LogP contribution is -2.49. The van der Waals surface area contributed by atoms with E-state index in [0.717, 1.165) is 0 Å². The van der Waals surface area contributed by atoms with E-state index in [1.165, 1.54) is 4.90 Å². The number of aryl methyl sites for hydroxylation is 2. The standard InChI is InChI=1S/C12H14N4O4/c1-6-8(7(2)20-15-6)9(17)16-4-3-12(5-16)10(18)13-11(19)14-12/h3-5H2,1-2H3,(H2,13,14,18,19). The normalized spacial score (nSPS) is 25.2. The lowest BCUT2D eigenvalue weighted by Gasteiger charge is -2.20. The van der Waals surface area contributed by atoms with Gasteiger partial charge in [-0.15, -0.1) is 0 Å². The van der Waals surface area contributed by atoms with Crippen molar-refractivity contribution in [1.29, 1.82) is 0 Å². The second-order valence-corrected chi connectivity index (χ2v) is 5.17. The topological polar surface area (TPSA) is 105 Å². The van der Waals surface area contributed by atoms with E-state index in [-0.39, 0.29) is 18.4 Å². The average Bonchev–Trinajstić information content (AvgIpc) is 3.01. The summed E-state index contributed by atoms with van der Waals surface area (Å²) in [5.74, 6) is -0.156. The van der Waals surface area contributed by atoms with E-state index >= 15 is 0 Å². The second-order valence-electron chi connectivity index (χ2n) is 5.17. The first-order chi connectivity index (χ1) is 9.43. The van der Waals surface area contributed by atoms with Gasteiger partial charge in [-0.3, -0.25) is 14.9 Å². The number of hydrogen-bond donors (Lipinski definition) is 2. The third kappa shape index (κ3) is 1.68. The van der Waals surface area contributed by atoms with Crippen LogP contribution in [-0.2, 0) is 4.79 Å². The Morgan fingerprint density at radius 1 is 1.40 bits per heavy atom. The van der Waals surface area contributed by atoms with Crippen LogP contribution in [0.2, 0.25) is 0 Å². The number of nitrogens with one attached hydrogen (secondary N) is 2. The molecule has 0 radical (unpaired) electrons. The minimum atomic E-state index is -0.994. The Balaban J connectivity index is 1.83. The van der Waals surface area contributed by atoms with Gasteiger partial charge in [-0.05, 0) is 20.3 Å². The number of imide groups is 1. The predicted octanol–water partition coefficient (Wildman–Crippen LogP) is -0.284. The highest BCUT2D eigenvalue weighted by molar-refractivity contribution is 6.08. The Morgan fingerprint density at radius 2 is 2.15 bits per heavy atom. The van der Waals surface area contributed by atoms with E-state index in [0.29, 0.717) is 30.0 Å². The van der Waals surface area contributed by atoms with Crippen LogP contribution in [0.15, 0.2) is 4.52 Å². The molecule has 2 fully saturated rings. The fourth-order valence-corrected chi connectivity index (χ4v) is 2.74. The number of aromatic nitrogens is 1. The van der Waals surface area contributed by atoms with Crippen molar-refractivity contribution in [2.45, 2.75) is 25.8 Å². The van der Waals surface area contributed by atoms with Crippen molar-refractivity contribution in [2.75, 3.05) is 13.1 Å². The minimum Gasteiger partial charge on any atom is -0.361 e. The Morgan fingerprint density at radius 3 is 2.70 bits per heavy atom. The van der Waals surface area contributed by atoms with E-state index in [2.05, 4.69) is 15.8 Å². The van der Waals surface area contributed by atoms with Crippen molar-refractivity contribution >= 4 is 17.8 Å². The smallest absolute Gasteiger partial charge is 0.322 e. The molecule has 8 heteroatoms. The van der Waals surface area contributed by atoms with Crippen LogP contribution in [0.1, 0.15) is 28.2 Å². The van der Waals surface area contributed by atoms with E-state index in [1.54, 1.807) is 13.8 Å². The lowest BCUT2D eigenvalue weighted by molar-refractivity contribution is -0.123. The van der Waals surface area contributed by atoms with Gasteiger partial charge in [-0.1, -0.05) is 5.16 Å². The molecule has 0 aromatic carbocycles. The zero-order chi connectivity index (χ0) is 14.5. The molecule has 1 unspecified atom stereocenters. The molecule has 106 valence electrons. The maximum Gasteiger partial charge on any atom is 0.322 e. The van der Waals surface area contributed by atoms with Crippen LogP contribution in [-0.4, -0.2) is 46.5 Å². The predicted molar refractivity (Wildman–Crippen MR) is 65.9 cm³/mol. The van der Waals surface area contributed by atoms with E-state index in [9.17, 15) is 14.4 Å². The Kier molecular flexibility index (Phi) is 2.56. The van der Waals surface area contributed by atoms with Crippen molar-refractivity contribution in [3.8, 4) is 0 Å². The average molecular weight is 278 g/mol. The fraction of sp³-hybridized carbons (Fsp3) is 0.500. The highest BCUT2D eigenvalue weighted by Crippen LogP contribution is 2.27. The van der Waals surface area contributed by atoms with Crippen LogP contribution in [0.25, 0.3) is 0 Å². The molecule has 8 nitrogen and oxygen atoms in total. The van der Waals surface area contributed by atoms with Crippen LogP contribution in [0, 0.1) is 13.8 Å². The number of urea groups is 1. The number of carbonyl (C=O) groups excluding carboxylic acids is 3. The van der Waals surface area contributed by atoms with Crippen LogP contribution >= 0.6 is 0 Å². The molecule has 4 amide bonds. The summed E-state index contributed by atoms with van der Waals surface area (Å²) in [4.78, 5) is 37.1. The summed E-state index contributed by atoms with van der Waals surface area (Å²) in [5.41, 5.74) is -0.0498. The summed E-state index contributed by atoms with van der Waals surface area (Å²) >= 11 is 0. The summed E-state index contributed by atoms with van der Waals surface area (Å²) in [6, 6.07) is -0.512. The van der Waals surface area contributed by atoms with Gasteiger partial charge < -0.3 is 14.7 Å². The van der Waals surface area contributed by atoms with Crippen LogP contribution < -0.4 is 10.6 Å². The SMILES string of the molecule is Cc1noc(C)c1C(=O)N1CCC2(C1)NC(=O)NC2=O. The summed E-state index contributed by atoms with van der Waals surface area (Å²) < 4.78 is 4.98. The van der Waals surface area contributed by atoms with Gasteiger partial charge in [0.1, 0.15) is 16.9 Å². The molecule has 0 saturated carbocycles. The highest BCUT2D eigenvalue weighted by atomic mass is 16.5. The molecule has 2 N–H and O–H groups in total. The Bertz CT molecular complexity index is 603. The molecule has 0 aliphatic carbocycles. The minimum absolute atomic E-state index is 0.160. The maximum atomic E-state index is 12.5. The molecule has 3 heterocycles. The van der Waals surface area contributed by atoms with Crippen molar-refractivity contribution in [3.63, 3.8) is 0 Å². The van der Waals surface area contributed by atoms with Gasteiger partial charge >= 0.3 is 6.03 Å². The molecule has 2 aliphatic heterocycles. The number of amides is 4. The molecule has 1 atom stereocenters. The summed E-state index contributed by atoms with van der Waals surface area (Å²) in [7, 11) is 0. The summed E-state index contributed by atoms with van der Waals surface area (Å²) in [5, 5.41) is 8.57. The van der Waals surface area contributed by atoms with Crippen LogP contribution in [0.3, 0.4) is 0 Å². The number of carbonyl (C=O) groups is 3. The van der Waals surface area contributed by atoms with Crippen LogP contribution in [0.4, 0.5) is 4.79 Å². The van der Waals surface area contributed by atoms with Crippen LogP contribution in [0.5, 0.6) is 0 Å². The first-order valence-electron chi connectivity index (χ1n) is 6.29. The van der Waals surface area contributed by atoms with Gasteiger partial charge in [-0.2, -0.15) is 0 Å². The monoisotopic (exact) mass is 278 g/mol. The van der Waals surface area contributed by atoms with Gasteiger partial charge in [0, 0.05) is 6.54 Å². The van der Waals surface area contributed by atoms with Gasteiger partial charge in [0.05, 0.1) is 12.2 Å². The first-order valence-corrected chi connectivity index (χ1v) is 6.29. The molecule has 3 rings (SSSR count). The third-order valence-corrected chi connectivity index (χ3v) is 3.82. The summed E-state index contributed by atoms with van der Waals surface area (Å²) in [6.07, 6.45) is 0.402. The summed E-state index contributed by atoms with van der Waals surface area (Å²) in [6.45, 7) is 3.92. The van der Waals surface area contributed by atoms with Crippen molar-refractivity contribution in [3.05, 3.63) is 17.0 Å². The molecule has 1 aromatic heterocycles. The molecular weight excluding hydrogens is 264 g/mol. The zero-order valence-corrected chi connectivity index (χ0v) is 11.1. The van der Waals surface area contributed by atoms with Gasteiger partial charge in [0.2, 0.25) is 0 Å². The first kappa shape index (κ1) is 12.6. The van der Waals surface area contributed by atoms with Gasteiger partial charge in [-0.25, -0.2) is 4.79 Å². The van der Waals surface area contributed by atoms with Gasteiger partial charge in [0.15, 0.2) is 0 Å². The largest absolute Gasteiger partial charge is 0.361 e. The molecule has 1 spiro atoms. The fourth-order valence-electron chi connectivity index (χ4n) is 2.74. The van der Waals surface area contributed by atoms with Crippen molar-refractivity contribution in [1.82, 2.24) is 20.7 Å². The number of nitrogens with zero attached hydrogens (tertiary/aromatic N) is 2. The molecule has 2 saturated heterocycles. The number of hydrogen-bond acceptors (Lipinski definition) is 5. The maximum absolute atomic E-state index is 12.5. The van der Waals surface area contributed by atoms with Gasteiger partial charge in [0.25, 0.3) is 11.8 Å². The van der Waals surface area contributed by atoms with E-state index in [4.69, 9.17) is 4.52 Å². The highest BCUT2D eigenvalue weighted by Gasteiger charge is 2.52. The quantitative estimate of drug-likeness (QED) is 0.687. The number of likely N-dealkylation sites (tertiary alicyclic amines) is 1. The van der Waals surface area contributed by atoms with Crippen molar-refractivity contribution < 1.29 is 18.9 Å².